The highest BCUT2D eigenvalue weighted by molar-refractivity contribution is 5.95. The minimum absolute atomic E-state index is 0.146. The van der Waals surface area contributed by atoms with Gasteiger partial charge in [0.05, 0.1) is 29.2 Å². The standard InChI is InChI=1S/C18H24N4O2/c1-13-15(11-21-22(13)14-6-9-19-10-7-14)17(24)20-12-18(2)8-4-3-5-16(18)23/h6-7,9-11,16,23H,3-5,8,12H2,1-2H3,(H,20,24). The summed E-state index contributed by atoms with van der Waals surface area (Å²) >= 11 is 0. The van der Waals surface area contributed by atoms with Crippen molar-refractivity contribution in [1.29, 1.82) is 0 Å². The molecule has 1 fully saturated rings. The maximum Gasteiger partial charge on any atom is 0.254 e. The van der Waals surface area contributed by atoms with E-state index < -0.39 is 0 Å². The van der Waals surface area contributed by atoms with Crippen LogP contribution in [0.15, 0.2) is 30.7 Å². The molecule has 24 heavy (non-hydrogen) atoms. The largest absolute Gasteiger partial charge is 0.392 e. The molecule has 2 unspecified atom stereocenters. The Hall–Kier alpha value is -2.21. The number of carbonyl (C=O) groups excluding carboxylic acids is 1. The van der Waals surface area contributed by atoms with Crippen molar-refractivity contribution in [1.82, 2.24) is 20.1 Å². The van der Waals surface area contributed by atoms with Crippen molar-refractivity contribution < 1.29 is 9.90 Å². The fraction of sp³-hybridized carbons (Fsp3) is 0.500. The SMILES string of the molecule is Cc1c(C(=O)NCC2(C)CCCCC2O)cnn1-c1ccncc1. The van der Waals surface area contributed by atoms with E-state index in [1.807, 2.05) is 26.0 Å². The van der Waals surface area contributed by atoms with E-state index in [4.69, 9.17) is 0 Å². The Morgan fingerprint density at radius 2 is 2.17 bits per heavy atom. The van der Waals surface area contributed by atoms with Gasteiger partial charge in [-0.05, 0) is 31.9 Å². The number of hydrogen-bond donors (Lipinski definition) is 2. The first-order valence-electron chi connectivity index (χ1n) is 8.42. The van der Waals surface area contributed by atoms with Gasteiger partial charge in [0.1, 0.15) is 0 Å². The zero-order valence-electron chi connectivity index (χ0n) is 14.2. The normalized spacial score (nSPS) is 23.9. The third-order valence-electron chi connectivity index (χ3n) is 5.09. The van der Waals surface area contributed by atoms with Gasteiger partial charge < -0.3 is 10.4 Å². The number of carbonyl (C=O) groups is 1. The van der Waals surface area contributed by atoms with E-state index in [1.165, 1.54) is 0 Å². The first-order valence-corrected chi connectivity index (χ1v) is 8.42. The summed E-state index contributed by atoms with van der Waals surface area (Å²) in [6.07, 6.45) is 8.53. The van der Waals surface area contributed by atoms with Gasteiger partial charge in [0, 0.05) is 24.4 Å². The molecule has 2 heterocycles. The predicted molar refractivity (Wildman–Crippen MR) is 91.0 cm³/mol. The van der Waals surface area contributed by atoms with E-state index >= 15 is 0 Å². The number of nitrogens with one attached hydrogen (secondary N) is 1. The third kappa shape index (κ3) is 3.19. The van der Waals surface area contributed by atoms with Crippen LogP contribution < -0.4 is 5.32 Å². The third-order valence-corrected chi connectivity index (χ3v) is 5.09. The quantitative estimate of drug-likeness (QED) is 0.902. The maximum absolute atomic E-state index is 12.5. The van der Waals surface area contributed by atoms with Gasteiger partial charge in [0.2, 0.25) is 0 Å². The second kappa shape index (κ2) is 6.73. The molecule has 0 bridgehead atoms. The number of rotatable bonds is 4. The molecule has 6 nitrogen and oxygen atoms in total. The van der Waals surface area contributed by atoms with Crippen LogP contribution in [0.1, 0.15) is 48.7 Å². The Balaban J connectivity index is 1.71. The van der Waals surface area contributed by atoms with Crippen LogP contribution in [-0.2, 0) is 0 Å². The fourth-order valence-corrected chi connectivity index (χ4v) is 3.34. The van der Waals surface area contributed by atoms with E-state index in [1.54, 1.807) is 23.3 Å². The highest BCUT2D eigenvalue weighted by Gasteiger charge is 2.35. The average Bonchev–Trinajstić information content (AvgIpc) is 2.98. The van der Waals surface area contributed by atoms with E-state index in [2.05, 4.69) is 15.4 Å². The van der Waals surface area contributed by atoms with Gasteiger partial charge in [0.15, 0.2) is 0 Å². The molecule has 2 aromatic rings. The second-order valence-electron chi connectivity index (χ2n) is 6.86. The Morgan fingerprint density at radius 3 is 2.88 bits per heavy atom. The molecule has 1 aliphatic carbocycles. The van der Waals surface area contributed by atoms with Crippen LogP contribution >= 0.6 is 0 Å². The molecule has 6 heteroatoms. The van der Waals surface area contributed by atoms with Crippen molar-refractivity contribution in [2.75, 3.05) is 6.54 Å². The molecule has 0 saturated heterocycles. The van der Waals surface area contributed by atoms with Crippen molar-refractivity contribution in [3.8, 4) is 5.69 Å². The monoisotopic (exact) mass is 328 g/mol. The van der Waals surface area contributed by atoms with Crippen LogP contribution in [0.4, 0.5) is 0 Å². The lowest BCUT2D eigenvalue weighted by molar-refractivity contribution is 0.00190. The Kier molecular flexibility index (Phi) is 4.66. The lowest BCUT2D eigenvalue weighted by Crippen LogP contribution is -2.45. The highest BCUT2D eigenvalue weighted by Crippen LogP contribution is 2.35. The summed E-state index contributed by atoms with van der Waals surface area (Å²) in [5.74, 6) is -0.146. The number of hydrogen-bond acceptors (Lipinski definition) is 4. The Labute approximate surface area is 141 Å². The van der Waals surface area contributed by atoms with Gasteiger partial charge in [-0.2, -0.15) is 5.10 Å². The average molecular weight is 328 g/mol. The molecule has 2 aromatic heterocycles. The Morgan fingerprint density at radius 1 is 1.42 bits per heavy atom. The van der Waals surface area contributed by atoms with E-state index in [0.29, 0.717) is 12.1 Å². The van der Waals surface area contributed by atoms with Crippen molar-refractivity contribution >= 4 is 5.91 Å². The number of aliphatic hydroxyl groups is 1. The van der Waals surface area contributed by atoms with Gasteiger partial charge >= 0.3 is 0 Å². The van der Waals surface area contributed by atoms with Crippen LogP contribution in [0, 0.1) is 12.3 Å². The zero-order valence-corrected chi connectivity index (χ0v) is 14.2. The summed E-state index contributed by atoms with van der Waals surface area (Å²) in [4.78, 5) is 16.5. The number of nitrogens with zero attached hydrogens (tertiary/aromatic N) is 3. The van der Waals surface area contributed by atoms with Crippen LogP contribution in [0.25, 0.3) is 5.69 Å². The van der Waals surface area contributed by atoms with Crippen LogP contribution in [0.3, 0.4) is 0 Å². The van der Waals surface area contributed by atoms with E-state index in [0.717, 1.165) is 37.1 Å². The molecule has 1 saturated carbocycles. The molecule has 0 aromatic carbocycles. The van der Waals surface area contributed by atoms with Crippen LogP contribution in [0.2, 0.25) is 0 Å². The molecule has 1 amide bonds. The van der Waals surface area contributed by atoms with Gasteiger partial charge in [0.25, 0.3) is 5.91 Å². The summed E-state index contributed by atoms with van der Waals surface area (Å²) in [6.45, 7) is 4.40. The topological polar surface area (TPSA) is 80.0 Å². The number of aromatic nitrogens is 3. The first kappa shape index (κ1) is 16.6. The van der Waals surface area contributed by atoms with E-state index in [-0.39, 0.29) is 17.4 Å². The first-order chi connectivity index (χ1) is 11.5. The molecule has 0 spiro atoms. The maximum atomic E-state index is 12.5. The zero-order chi connectivity index (χ0) is 17.2. The summed E-state index contributed by atoms with van der Waals surface area (Å²) in [7, 11) is 0. The second-order valence-corrected chi connectivity index (χ2v) is 6.86. The minimum Gasteiger partial charge on any atom is -0.392 e. The molecule has 3 rings (SSSR count). The molecule has 0 aliphatic heterocycles. The summed E-state index contributed by atoms with van der Waals surface area (Å²) < 4.78 is 1.73. The molecule has 2 N–H and O–H groups in total. The van der Waals surface area contributed by atoms with Crippen molar-refractivity contribution in [3.05, 3.63) is 42.0 Å². The van der Waals surface area contributed by atoms with Crippen LogP contribution in [0.5, 0.6) is 0 Å². The number of amides is 1. The predicted octanol–water partition coefficient (Wildman–Crippen LogP) is 2.25. The van der Waals surface area contributed by atoms with Crippen LogP contribution in [-0.4, -0.2) is 38.4 Å². The molecule has 1 aliphatic rings. The lowest BCUT2D eigenvalue weighted by Gasteiger charge is -2.38. The smallest absolute Gasteiger partial charge is 0.254 e. The summed E-state index contributed by atoms with van der Waals surface area (Å²) in [5.41, 5.74) is 1.97. The number of pyridine rings is 1. The fourth-order valence-electron chi connectivity index (χ4n) is 3.34. The molecular weight excluding hydrogens is 304 g/mol. The van der Waals surface area contributed by atoms with Crippen molar-refractivity contribution in [3.63, 3.8) is 0 Å². The Bertz CT molecular complexity index is 713. The van der Waals surface area contributed by atoms with E-state index in [9.17, 15) is 9.90 Å². The van der Waals surface area contributed by atoms with Gasteiger partial charge in [-0.25, -0.2) is 4.68 Å². The van der Waals surface area contributed by atoms with Gasteiger partial charge in [-0.1, -0.05) is 19.8 Å². The van der Waals surface area contributed by atoms with Gasteiger partial charge in [-0.15, -0.1) is 0 Å². The van der Waals surface area contributed by atoms with Gasteiger partial charge in [-0.3, -0.25) is 9.78 Å². The molecular formula is C18H24N4O2. The number of aliphatic hydroxyl groups excluding tert-OH is 1. The lowest BCUT2D eigenvalue weighted by atomic mass is 9.73. The molecule has 0 radical (unpaired) electrons. The minimum atomic E-state index is -0.354. The molecule has 128 valence electrons. The highest BCUT2D eigenvalue weighted by atomic mass is 16.3. The summed E-state index contributed by atoms with van der Waals surface area (Å²) in [6, 6.07) is 3.70. The van der Waals surface area contributed by atoms with Crippen molar-refractivity contribution in [2.24, 2.45) is 5.41 Å². The van der Waals surface area contributed by atoms with Crippen molar-refractivity contribution in [2.45, 2.75) is 45.6 Å². The molecule has 2 atom stereocenters. The summed E-state index contributed by atoms with van der Waals surface area (Å²) in [5, 5.41) is 17.5.